The molecule has 2 unspecified atom stereocenters. The number of fused-ring (bicyclic) bond motifs is 1. The Bertz CT molecular complexity index is 457. The van der Waals surface area contributed by atoms with Crippen LogP contribution in [0.5, 0.6) is 0 Å². The van der Waals surface area contributed by atoms with Gasteiger partial charge >= 0.3 is 0 Å². The van der Waals surface area contributed by atoms with E-state index in [0.29, 0.717) is 0 Å². The summed E-state index contributed by atoms with van der Waals surface area (Å²) in [5.74, 6) is 1.65. The summed E-state index contributed by atoms with van der Waals surface area (Å²) in [6.45, 7) is 6.95. The van der Waals surface area contributed by atoms with E-state index in [-0.39, 0.29) is 6.10 Å². The highest BCUT2D eigenvalue weighted by Gasteiger charge is 2.26. The average Bonchev–Trinajstić information content (AvgIpc) is 2.70. The maximum absolute atomic E-state index is 10.1. The van der Waals surface area contributed by atoms with E-state index < -0.39 is 0 Å². The fourth-order valence-electron chi connectivity index (χ4n) is 3.50. The quantitative estimate of drug-likeness (QED) is 0.902. The first kappa shape index (κ1) is 14.3. The van der Waals surface area contributed by atoms with E-state index in [4.69, 9.17) is 4.98 Å². The molecule has 1 aromatic heterocycles. The molecule has 0 spiro atoms. The van der Waals surface area contributed by atoms with Crippen LogP contribution < -0.4 is 4.90 Å². The first-order valence-corrected chi connectivity index (χ1v) is 8.89. The van der Waals surface area contributed by atoms with Gasteiger partial charge in [0.25, 0.3) is 0 Å². The van der Waals surface area contributed by atoms with Crippen LogP contribution in [0.25, 0.3) is 0 Å². The molecule has 0 radical (unpaired) electrons. The lowest BCUT2D eigenvalue weighted by Crippen LogP contribution is -2.24. The molecule has 1 fully saturated rings. The number of aliphatic hydroxyl groups is 1. The maximum atomic E-state index is 10.1. The number of aryl methyl sites for hydroxylation is 1. The zero-order chi connectivity index (χ0) is 14.1. The number of aliphatic hydroxyl groups excluding tert-OH is 1. The van der Waals surface area contributed by atoms with Gasteiger partial charge in [0.15, 0.2) is 5.13 Å². The van der Waals surface area contributed by atoms with Crippen molar-refractivity contribution >= 4 is 16.5 Å². The third-order valence-corrected chi connectivity index (χ3v) is 6.09. The number of rotatable bonds is 2. The molecule has 4 heteroatoms. The largest absolute Gasteiger partial charge is 0.387 e. The van der Waals surface area contributed by atoms with Crippen LogP contribution in [-0.4, -0.2) is 23.2 Å². The second-order valence-electron chi connectivity index (χ2n) is 6.63. The van der Waals surface area contributed by atoms with Gasteiger partial charge < -0.3 is 10.0 Å². The van der Waals surface area contributed by atoms with Crippen LogP contribution in [-0.2, 0) is 6.42 Å². The summed E-state index contributed by atoms with van der Waals surface area (Å²) in [6.07, 6.45) is 6.67. The smallest absolute Gasteiger partial charge is 0.185 e. The second kappa shape index (κ2) is 6.02. The Morgan fingerprint density at radius 2 is 2.05 bits per heavy atom. The molecule has 1 N–H and O–H groups in total. The summed E-state index contributed by atoms with van der Waals surface area (Å²) in [5.41, 5.74) is 0.973. The SMILES string of the molecule is CC(C)C1CCCN(c2nc3c(s2)CCCC3O)CC1. The maximum Gasteiger partial charge on any atom is 0.185 e. The van der Waals surface area contributed by atoms with Crippen molar-refractivity contribution < 1.29 is 5.11 Å². The lowest BCUT2D eigenvalue weighted by molar-refractivity contribution is 0.153. The zero-order valence-corrected chi connectivity index (χ0v) is 13.5. The Morgan fingerprint density at radius 3 is 2.80 bits per heavy atom. The lowest BCUT2D eigenvalue weighted by Gasteiger charge is -2.20. The predicted octanol–water partition coefficient (Wildman–Crippen LogP) is 3.78. The van der Waals surface area contributed by atoms with E-state index in [1.807, 2.05) is 11.3 Å². The van der Waals surface area contributed by atoms with E-state index in [2.05, 4.69) is 18.7 Å². The summed E-state index contributed by atoms with van der Waals surface area (Å²) in [4.78, 5) is 8.54. The van der Waals surface area contributed by atoms with Crippen LogP contribution in [0.4, 0.5) is 5.13 Å². The Kier molecular flexibility index (Phi) is 4.32. The first-order chi connectivity index (χ1) is 9.65. The Balaban J connectivity index is 1.73. The minimum Gasteiger partial charge on any atom is -0.387 e. The van der Waals surface area contributed by atoms with Gasteiger partial charge in [-0.15, -0.1) is 11.3 Å². The normalized spacial score (nSPS) is 27.5. The van der Waals surface area contributed by atoms with Gasteiger partial charge in [-0.2, -0.15) is 0 Å². The minimum absolute atomic E-state index is 0.320. The van der Waals surface area contributed by atoms with E-state index in [0.717, 1.165) is 55.0 Å². The molecule has 2 atom stereocenters. The van der Waals surface area contributed by atoms with Crippen molar-refractivity contribution in [1.29, 1.82) is 0 Å². The van der Waals surface area contributed by atoms with Gasteiger partial charge in [0.05, 0.1) is 11.8 Å². The highest BCUT2D eigenvalue weighted by atomic mass is 32.1. The lowest BCUT2D eigenvalue weighted by atomic mass is 9.89. The van der Waals surface area contributed by atoms with Crippen molar-refractivity contribution in [2.24, 2.45) is 11.8 Å². The van der Waals surface area contributed by atoms with Crippen molar-refractivity contribution in [2.75, 3.05) is 18.0 Å². The van der Waals surface area contributed by atoms with Crippen molar-refractivity contribution in [3.05, 3.63) is 10.6 Å². The van der Waals surface area contributed by atoms with Crippen LogP contribution in [0.2, 0.25) is 0 Å². The fraction of sp³-hybridized carbons (Fsp3) is 0.812. The van der Waals surface area contributed by atoms with Crippen molar-refractivity contribution in [2.45, 2.75) is 58.5 Å². The molecule has 3 rings (SSSR count). The van der Waals surface area contributed by atoms with E-state index in [1.54, 1.807) is 0 Å². The Hall–Kier alpha value is -0.610. The third kappa shape index (κ3) is 2.86. The molecule has 1 aliphatic carbocycles. The minimum atomic E-state index is -0.320. The number of nitrogens with zero attached hydrogens (tertiary/aromatic N) is 2. The summed E-state index contributed by atoms with van der Waals surface area (Å²) in [7, 11) is 0. The van der Waals surface area contributed by atoms with Gasteiger partial charge in [0, 0.05) is 18.0 Å². The van der Waals surface area contributed by atoms with Gasteiger partial charge in [0.1, 0.15) is 0 Å². The first-order valence-electron chi connectivity index (χ1n) is 8.07. The summed E-state index contributed by atoms with van der Waals surface area (Å²) in [6, 6.07) is 0. The van der Waals surface area contributed by atoms with Crippen molar-refractivity contribution in [3.8, 4) is 0 Å². The highest BCUT2D eigenvalue weighted by Crippen LogP contribution is 2.37. The molecular formula is C16H26N2OS. The van der Waals surface area contributed by atoms with Crippen LogP contribution in [0, 0.1) is 11.8 Å². The second-order valence-corrected chi connectivity index (χ2v) is 7.70. The number of hydrogen-bond donors (Lipinski definition) is 1. The van der Waals surface area contributed by atoms with Gasteiger partial charge in [0.2, 0.25) is 0 Å². The number of anilines is 1. The number of thiazole rings is 1. The van der Waals surface area contributed by atoms with Crippen LogP contribution in [0.15, 0.2) is 0 Å². The van der Waals surface area contributed by atoms with Crippen LogP contribution in [0.1, 0.15) is 62.6 Å². The number of aromatic nitrogens is 1. The van der Waals surface area contributed by atoms with E-state index in [9.17, 15) is 5.11 Å². The fourth-order valence-corrected chi connectivity index (χ4v) is 4.71. The molecule has 112 valence electrons. The molecule has 3 nitrogen and oxygen atoms in total. The molecule has 2 heterocycles. The average molecular weight is 294 g/mol. The molecule has 1 aliphatic heterocycles. The van der Waals surface area contributed by atoms with Gasteiger partial charge in [-0.25, -0.2) is 4.98 Å². The van der Waals surface area contributed by atoms with Crippen LogP contribution in [0.3, 0.4) is 0 Å². The standard InChI is InChI=1S/C16H26N2OS/c1-11(2)12-5-4-9-18(10-8-12)16-17-15-13(19)6-3-7-14(15)20-16/h11-13,19H,3-10H2,1-2H3. The monoisotopic (exact) mass is 294 g/mol. The molecule has 2 aliphatic rings. The molecule has 0 saturated carbocycles. The van der Waals surface area contributed by atoms with Gasteiger partial charge in [-0.3, -0.25) is 0 Å². The zero-order valence-electron chi connectivity index (χ0n) is 12.6. The van der Waals surface area contributed by atoms with E-state index >= 15 is 0 Å². The topological polar surface area (TPSA) is 36.4 Å². The Labute approximate surface area is 126 Å². The Morgan fingerprint density at radius 1 is 1.20 bits per heavy atom. The molecular weight excluding hydrogens is 268 g/mol. The van der Waals surface area contributed by atoms with Crippen molar-refractivity contribution in [3.63, 3.8) is 0 Å². The van der Waals surface area contributed by atoms with Crippen LogP contribution >= 0.6 is 11.3 Å². The van der Waals surface area contributed by atoms with Gasteiger partial charge in [-0.05, 0) is 50.4 Å². The molecule has 1 saturated heterocycles. The summed E-state index contributed by atoms with van der Waals surface area (Å²) < 4.78 is 0. The predicted molar refractivity (Wildman–Crippen MR) is 84.4 cm³/mol. The summed E-state index contributed by atoms with van der Waals surface area (Å²) >= 11 is 1.82. The van der Waals surface area contributed by atoms with E-state index in [1.165, 1.54) is 24.1 Å². The molecule has 0 aromatic carbocycles. The van der Waals surface area contributed by atoms with Crippen molar-refractivity contribution in [1.82, 2.24) is 4.98 Å². The molecule has 20 heavy (non-hydrogen) atoms. The molecule has 0 amide bonds. The van der Waals surface area contributed by atoms with Gasteiger partial charge in [-0.1, -0.05) is 13.8 Å². The molecule has 0 bridgehead atoms. The third-order valence-electron chi connectivity index (χ3n) is 4.90. The molecule has 1 aromatic rings. The highest BCUT2D eigenvalue weighted by molar-refractivity contribution is 7.15. The summed E-state index contributed by atoms with van der Waals surface area (Å²) in [5, 5.41) is 11.2. The number of hydrogen-bond acceptors (Lipinski definition) is 4.